The van der Waals surface area contributed by atoms with Crippen molar-refractivity contribution in [3.8, 4) is 11.5 Å². The molecular formula is C20H23N3O5. The van der Waals surface area contributed by atoms with Crippen molar-refractivity contribution >= 4 is 23.5 Å². The maximum atomic E-state index is 12.6. The van der Waals surface area contributed by atoms with Crippen molar-refractivity contribution in [3.63, 3.8) is 0 Å². The third-order valence-electron chi connectivity index (χ3n) is 5.70. The highest BCUT2D eigenvalue weighted by molar-refractivity contribution is 6.06. The highest BCUT2D eigenvalue weighted by atomic mass is 16.5. The van der Waals surface area contributed by atoms with Gasteiger partial charge in [-0.05, 0) is 25.0 Å². The maximum absolute atomic E-state index is 12.6. The van der Waals surface area contributed by atoms with E-state index in [1.165, 1.54) is 19.1 Å². The van der Waals surface area contributed by atoms with Gasteiger partial charge >= 0.3 is 6.03 Å². The van der Waals surface area contributed by atoms with Crippen LogP contribution < -0.4 is 14.8 Å². The Labute approximate surface area is 163 Å². The average Bonchev–Trinajstić information content (AvgIpc) is 2.92. The summed E-state index contributed by atoms with van der Waals surface area (Å²) in [6.45, 7) is 0.672. The molecule has 4 rings (SSSR count). The van der Waals surface area contributed by atoms with Gasteiger partial charge in [0, 0.05) is 13.1 Å². The van der Waals surface area contributed by atoms with Crippen molar-refractivity contribution in [2.45, 2.75) is 18.9 Å². The molecule has 3 aliphatic rings. The summed E-state index contributed by atoms with van der Waals surface area (Å²) in [7, 11) is 3.03. The van der Waals surface area contributed by atoms with Crippen LogP contribution in [0.4, 0.5) is 10.5 Å². The van der Waals surface area contributed by atoms with Gasteiger partial charge in [-0.1, -0.05) is 18.2 Å². The molecule has 8 heteroatoms. The van der Waals surface area contributed by atoms with Gasteiger partial charge in [0.05, 0.1) is 37.8 Å². The van der Waals surface area contributed by atoms with Gasteiger partial charge in [0.1, 0.15) is 0 Å². The average molecular weight is 385 g/mol. The lowest BCUT2D eigenvalue weighted by Gasteiger charge is -2.43. The van der Waals surface area contributed by atoms with Gasteiger partial charge in [-0.15, -0.1) is 0 Å². The second-order valence-electron chi connectivity index (χ2n) is 7.23. The SMILES string of the molecule is COc1cccc(NC(=O)N2CC(N3C(=O)C4CC=CCC4C3=O)C2)c1OC. The smallest absolute Gasteiger partial charge is 0.322 e. The number of ether oxygens (including phenoxy) is 2. The standard InChI is InChI=1S/C20H23N3O5/c1-27-16-9-5-8-15(17(16)28-2)21-20(26)22-10-12(11-22)23-18(24)13-6-3-4-7-14(13)19(23)25/h3-5,8-9,12-14H,6-7,10-11H2,1-2H3,(H,21,26). The number of urea groups is 1. The molecule has 1 aromatic rings. The molecule has 2 aliphatic heterocycles. The minimum Gasteiger partial charge on any atom is -0.493 e. The third-order valence-corrected chi connectivity index (χ3v) is 5.70. The largest absolute Gasteiger partial charge is 0.493 e. The normalized spacial score (nSPS) is 24.1. The van der Waals surface area contributed by atoms with Crippen LogP contribution in [0.5, 0.6) is 11.5 Å². The molecule has 2 fully saturated rings. The number of methoxy groups -OCH3 is 2. The van der Waals surface area contributed by atoms with E-state index in [0.29, 0.717) is 43.1 Å². The number of likely N-dealkylation sites (tertiary alicyclic amines) is 2. The molecule has 0 bridgehead atoms. The Morgan fingerprint density at radius 1 is 1.04 bits per heavy atom. The van der Waals surface area contributed by atoms with Gasteiger partial charge in [-0.2, -0.15) is 0 Å². The van der Waals surface area contributed by atoms with E-state index in [0.717, 1.165) is 0 Å². The highest BCUT2D eigenvalue weighted by Crippen LogP contribution is 2.38. The van der Waals surface area contributed by atoms with Crippen LogP contribution in [0.3, 0.4) is 0 Å². The summed E-state index contributed by atoms with van der Waals surface area (Å²) in [6.07, 6.45) is 5.19. The molecule has 4 amide bonds. The monoisotopic (exact) mass is 385 g/mol. The second-order valence-corrected chi connectivity index (χ2v) is 7.23. The summed E-state index contributed by atoms with van der Waals surface area (Å²) in [4.78, 5) is 40.8. The quantitative estimate of drug-likeness (QED) is 0.631. The zero-order valence-corrected chi connectivity index (χ0v) is 15.9. The van der Waals surface area contributed by atoms with Gasteiger partial charge < -0.3 is 19.7 Å². The van der Waals surface area contributed by atoms with Crippen LogP contribution in [0.25, 0.3) is 0 Å². The molecule has 0 spiro atoms. The van der Waals surface area contributed by atoms with Crippen molar-refractivity contribution in [2.24, 2.45) is 11.8 Å². The fourth-order valence-electron chi connectivity index (χ4n) is 4.15. The number of anilines is 1. The molecule has 1 aromatic carbocycles. The zero-order chi connectivity index (χ0) is 19.8. The van der Waals surface area contributed by atoms with E-state index in [4.69, 9.17) is 9.47 Å². The fourth-order valence-corrected chi connectivity index (χ4v) is 4.15. The molecule has 1 aliphatic carbocycles. The molecule has 2 atom stereocenters. The van der Waals surface area contributed by atoms with Crippen LogP contribution in [0.15, 0.2) is 30.4 Å². The molecule has 8 nitrogen and oxygen atoms in total. The molecule has 1 N–H and O–H groups in total. The van der Waals surface area contributed by atoms with Crippen LogP contribution in [-0.2, 0) is 9.59 Å². The van der Waals surface area contributed by atoms with Gasteiger partial charge in [0.15, 0.2) is 11.5 Å². The third kappa shape index (κ3) is 2.89. The lowest BCUT2D eigenvalue weighted by Crippen LogP contribution is -2.63. The number of para-hydroxylation sites is 1. The number of rotatable bonds is 4. The first-order valence-electron chi connectivity index (χ1n) is 9.34. The number of carbonyl (C=O) groups excluding carboxylic acids is 3. The van der Waals surface area contributed by atoms with Crippen molar-refractivity contribution in [3.05, 3.63) is 30.4 Å². The zero-order valence-electron chi connectivity index (χ0n) is 15.9. The number of amides is 4. The Kier molecular flexibility index (Phi) is 4.70. The number of allylic oxidation sites excluding steroid dienone is 2. The molecule has 2 heterocycles. The first-order valence-corrected chi connectivity index (χ1v) is 9.34. The molecule has 0 saturated carbocycles. The molecule has 2 unspecified atom stereocenters. The summed E-state index contributed by atoms with van der Waals surface area (Å²) < 4.78 is 10.6. The van der Waals surface area contributed by atoms with Gasteiger partial charge in [0.2, 0.25) is 11.8 Å². The lowest BCUT2D eigenvalue weighted by molar-refractivity contribution is -0.145. The van der Waals surface area contributed by atoms with Crippen molar-refractivity contribution in [2.75, 3.05) is 32.6 Å². The topological polar surface area (TPSA) is 88.2 Å². The summed E-state index contributed by atoms with van der Waals surface area (Å²) in [5.41, 5.74) is 0.501. The Bertz CT molecular complexity index is 820. The number of nitrogens with zero attached hydrogens (tertiary/aromatic N) is 2. The first-order chi connectivity index (χ1) is 13.5. The van der Waals surface area contributed by atoms with E-state index in [9.17, 15) is 14.4 Å². The van der Waals surface area contributed by atoms with Crippen LogP contribution >= 0.6 is 0 Å². The van der Waals surface area contributed by atoms with E-state index in [2.05, 4.69) is 5.32 Å². The van der Waals surface area contributed by atoms with Gasteiger partial charge in [-0.25, -0.2) is 4.79 Å². The van der Waals surface area contributed by atoms with E-state index in [-0.39, 0.29) is 35.7 Å². The summed E-state index contributed by atoms with van der Waals surface area (Å²) in [5, 5.41) is 2.81. The molecule has 2 saturated heterocycles. The number of carbonyl (C=O) groups is 3. The van der Waals surface area contributed by atoms with Crippen molar-refractivity contribution in [1.82, 2.24) is 9.80 Å². The highest BCUT2D eigenvalue weighted by Gasteiger charge is 2.52. The van der Waals surface area contributed by atoms with Gasteiger partial charge in [0.25, 0.3) is 0 Å². The number of nitrogens with one attached hydrogen (secondary N) is 1. The van der Waals surface area contributed by atoms with Crippen LogP contribution in [0.2, 0.25) is 0 Å². The minimum absolute atomic E-state index is 0.0983. The lowest BCUT2D eigenvalue weighted by atomic mass is 9.85. The molecule has 148 valence electrons. The fraction of sp³-hybridized carbons (Fsp3) is 0.450. The number of benzene rings is 1. The van der Waals surface area contributed by atoms with E-state index in [1.54, 1.807) is 23.1 Å². The summed E-state index contributed by atoms with van der Waals surface area (Å²) in [5.74, 6) is 0.295. The number of hydrogen-bond donors (Lipinski definition) is 1. The van der Waals surface area contributed by atoms with Crippen LogP contribution in [0, 0.1) is 11.8 Å². The number of fused-ring (bicyclic) bond motifs is 1. The predicted octanol–water partition coefficient (Wildman–Crippen LogP) is 1.87. The maximum Gasteiger partial charge on any atom is 0.322 e. The number of imide groups is 1. The predicted molar refractivity (Wildman–Crippen MR) is 101 cm³/mol. The molecule has 28 heavy (non-hydrogen) atoms. The van der Waals surface area contributed by atoms with E-state index < -0.39 is 0 Å². The summed E-state index contributed by atoms with van der Waals surface area (Å²) in [6, 6.07) is 4.67. The van der Waals surface area contributed by atoms with Crippen molar-refractivity contribution < 1.29 is 23.9 Å². The Morgan fingerprint density at radius 2 is 1.68 bits per heavy atom. The minimum atomic E-state index is -0.305. The summed E-state index contributed by atoms with van der Waals surface area (Å²) >= 11 is 0. The molecule has 0 aromatic heterocycles. The number of hydrogen-bond acceptors (Lipinski definition) is 5. The molecular weight excluding hydrogens is 362 g/mol. The van der Waals surface area contributed by atoms with E-state index >= 15 is 0 Å². The van der Waals surface area contributed by atoms with Crippen molar-refractivity contribution in [1.29, 1.82) is 0 Å². The Hall–Kier alpha value is -3.03. The second kappa shape index (κ2) is 7.18. The van der Waals surface area contributed by atoms with Crippen LogP contribution in [0.1, 0.15) is 12.8 Å². The van der Waals surface area contributed by atoms with Crippen LogP contribution in [-0.4, -0.2) is 61.0 Å². The van der Waals surface area contributed by atoms with E-state index in [1.807, 2.05) is 12.2 Å². The molecule has 0 radical (unpaired) electrons. The van der Waals surface area contributed by atoms with Gasteiger partial charge in [-0.3, -0.25) is 14.5 Å². The Balaban J connectivity index is 1.39. The Morgan fingerprint density at radius 3 is 2.25 bits per heavy atom. The first kappa shape index (κ1) is 18.3.